The summed E-state index contributed by atoms with van der Waals surface area (Å²) in [6.07, 6.45) is 1.30. The van der Waals surface area contributed by atoms with E-state index in [1.807, 2.05) is 24.3 Å². The summed E-state index contributed by atoms with van der Waals surface area (Å²) in [7, 11) is 0. The van der Waals surface area contributed by atoms with E-state index in [0.717, 1.165) is 15.2 Å². The van der Waals surface area contributed by atoms with Crippen LogP contribution in [-0.2, 0) is 11.2 Å². The van der Waals surface area contributed by atoms with Gasteiger partial charge < -0.3 is 10.4 Å². The van der Waals surface area contributed by atoms with Crippen molar-refractivity contribution in [2.24, 2.45) is 5.92 Å². The maximum atomic E-state index is 11.8. The number of nitrogens with zero attached hydrogens (tertiary/aromatic N) is 1. The van der Waals surface area contributed by atoms with Gasteiger partial charge >= 0.3 is 0 Å². The second-order valence-corrected chi connectivity index (χ2v) is 6.78. The molecule has 0 saturated heterocycles. The normalized spacial score (nSPS) is 12.8. The van der Waals surface area contributed by atoms with Crippen molar-refractivity contribution in [2.45, 2.75) is 39.2 Å². The van der Waals surface area contributed by atoms with Gasteiger partial charge in [-0.05, 0) is 24.5 Å². The molecule has 2 N–H and O–H groups in total. The van der Waals surface area contributed by atoms with Crippen LogP contribution in [-0.4, -0.2) is 28.6 Å². The number of thiazole rings is 1. The zero-order valence-corrected chi connectivity index (χ0v) is 13.3. The molecule has 0 fully saturated rings. The van der Waals surface area contributed by atoms with Crippen LogP contribution in [0.3, 0.4) is 0 Å². The molecule has 1 amide bonds. The molecular weight excluding hydrogens is 284 g/mol. The number of aliphatic hydroxyl groups excluding tert-OH is 1. The number of carbonyl (C=O) groups is 1. The molecule has 0 bridgehead atoms. The minimum atomic E-state index is -0.462. The van der Waals surface area contributed by atoms with Gasteiger partial charge in [0.05, 0.1) is 21.3 Å². The van der Waals surface area contributed by atoms with E-state index < -0.39 is 6.10 Å². The van der Waals surface area contributed by atoms with E-state index in [1.165, 1.54) is 0 Å². The van der Waals surface area contributed by atoms with Crippen LogP contribution in [0.1, 0.15) is 31.7 Å². The first-order valence-electron chi connectivity index (χ1n) is 7.34. The van der Waals surface area contributed by atoms with Crippen molar-refractivity contribution in [1.82, 2.24) is 10.3 Å². The number of aliphatic hydroxyl groups is 1. The monoisotopic (exact) mass is 306 g/mol. The molecule has 2 aromatic rings. The summed E-state index contributed by atoms with van der Waals surface area (Å²) in [6.45, 7) is 4.44. The van der Waals surface area contributed by atoms with Gasteiger partial charge in [0, 0.05) is 19.4 Å². The third kappa shape index (κ3) is 5.10. The number of benzene rings is 1. The minimum Gasteiger partial charge on any atom is -0.391 e. The maximum Gasteiger partial charge on any atom is 0.220 e. The molecule has 0 aliphatic heterocycles. The van der Waals surface area contributed by atoms with E-state index in [2.05, 4.69) is 24.1 Å². The Balaban J connectivity index is 1.76. The maximum absolute atomic E-state index is 11.8. The molecule has 4 nitrogen and oxygen atoms in total. The molecule has 114 valence electrons. The number of aromatic nitrogens is 1. The number of hydrogen-bond acceptors (Lipinski definition) is 4. The highest BCUT2D eigenvalue weighted by Gasteiger charge is 2.10. The molecule has 0 aliphatic carbocycles. The highest BCUT2D eigenvalue weighted by atomic mass is 32.1. The van der Waals surface area contributed by atoms with Gasteiger partial charge in [0.15, 0.2) is 0 Å². The summed E-state index contributed by atoms with van der Waals surface area (Å²) in [5.74, 6) is 0.400. The average Bonchev–Trinajstić information content (AvgIpc) is 2.85. The third-order valence-electron chi connectivity index (χ3n) is 3.18. The fourth-order valence-corrected chi connectivity index (χ4v) is 3.16. The molecule has 2 rings (SSSR count). The number of aryl methyl sites for hydroxylation is 1. The number of rotatable bonds is 7. The lowest BCUT2D eigenvalue weighted by Crippen LogP contribution is -2.32. The molecule has 0 aliphatic rings. The Labute approximate surface area is 129 Å². The Morgan fingerprint density at radius 3 is 2.86 bits per heavy atom. The Morgan fingerprint density at radius 2 is 2.14 bits per heavy atom. The van der Waals surface area contributed by atoms with Gasteiger partial charge in [-0.1, -0.05) is 26.0 Å². The summed E-state index contributed by atoms with van der Waals surface area (Å²) >= 11 is 1.63. The van der Waals surface area contributed by atoms with Crippen LogP contribution in [0, 0.1) is 5.92 Å². The number of carbonyl (C=O) groups excluding carboxylic acids is 1. The van der Waals surface area contributed by atoms with Crippen molar-refractivity contribution in [3.63, 3.8) is 0 Å². The quantitative estimate of drug-likeness (QED) is 0.827. The molecule has 0 saturated carbocycles. The van der Waals surface area contributed by atoms with E-state index in [4.69, 9.17) is 0 Å². The van der Waals surface area contributed by atoms with E-state index in [0.29, 0.717) is 31.7 Å². The Morgan fingerprint density at radius 1 is 1.38 bits per heavy atom. The zero-order chi connectivity index (χ0) is 15.2. The van der Waals surface area contributed by atoms with Gasteiger partial charge in [-0.3, -0.25) is 4.79 Å². The van der Waals surface area contributed by atoms with Crippen molar-refractivity contribution in [3.8, 4) is 0 Å². The molecule has 1 aromatic carbocycles. The SMILES string of the molecule is CC(C)CC(O)CNC(=O)CCc1nc2ccccc2s1. The van der Waals surface area contributed by atoms with E-state index in [-0.39, 0.29) is 5.91 Å². The molecular formula is C16H22N2O2S. The van der Waals surface area contributed by atoms with Crippen molar-refractivity contribution in [2.75, 3.05) is 6.54 Å². The smallest absolute Gasteiger partial charge is 0.220 e. The topological polar surface area (TPSA) is 62.2 Å². The summed E-state index contributed by atoms with van der Waals surface area (Å²) < 4.78 is 1.15. The molecule has 1 unspecified atom stereocenters. The van der Waals surface area contributed by atoms with Crippen LogP contribution in [0.5, 0.6) is 0 Å². The van der Waals surface area contributed by atoms with Gasteiger partial charge in [-0.2, -0.15) is 0 Å². The molecule has 1 atom stereocenters. The predicted octanol–water partition coefficient (Wildman–Crippen LogP) is 2.75. The number of amides is 1. The van der Waals surface area contributed by atoms with Crippen LogP contribution in [0.25, 0.3) is 10.2 Å². The molecule has 5 heteroatoms. The number of para-hydroxylation sites is 1. The van der Waals surface area contributed by atoms with Crippen LogP contribution in [0.4, 0.5) is 0 Å². The van der Waals surface area contributed by atoms with E-state index in [9.17, 15) is 9.90 Å². The van der Waals surface area contributed by atoms with E-state index in [1.54, 1.807) is 11.3 Å². The van der Waals surface area contributed by atoms with Crippen molar-refractivity contribution < 1.29 is 9.90 Å². The summed E-state index contributed by atoms with van der Waals surface area (Å²) in [6, 6.07) is 7.98. The predicted molar refractivity (Wildman–Crippen MR) is 86.4 cm³/mol. The lowest BCUT2D eigenvalue weighted by Gasteiger charge is -2.13. The second kappa shape index (κ2) is 7.52. The first kappa shape index (κ1) is 15.9. The molecule has 0 radical (unpaired) electrons. The fraction of sp³-hybridized carbons (Fsp3) is 0.500. The first-order chi connectivity index (χ1) is 10.0. The Kier molecular flexibility index (Phi) is 5.70. The largest absolute Gasteiger partial charge is 0.391 e. The first-order valence-corrected chi connectivity index (χ1v) is 8.15. The Hall–Kier alpha value is -1.46. The molecule has 1 heterocycles. The number of fused-ring (bicyclic) bond motifs is 1. The summed E-state index contributed by atoms with van der Waals surface area (Å²) in [5.41, 5.74) is 0.991. The van der Waals surface area contributed by atoms with Crippen molar-refractivity contribution >= 4 is 27.5 Å². The zero-order valence-electron chi connectivity index (χ0n) is 12.5. The molecule has 0 spiro atoms. The lowest BCUT2D eigenvalue weighted by molar-refractivity contribution is -0.121. The highest BCUT2D eigenvalue weighted by molar-refractivity contribution is 7.18. The van der Waals surface area contributed by atoms with E-state index >= 15 is 0 Å². The third-order valence-corrected chi connectivity index (χ3v) is 4.28. The summed E-state index contributed by atoms with van der Waals surface area (Å²) in [4.78, 5) is 16.3. The van der Waals surface area contributed by atoms with Gasteiger partial charge in [0.25, 0.3) is 0 Å². The van der Waals surface area contributed by atoms with Crippen LogP contribution >= 0.6 is 11.3 Å². The summed E-state index contributed by atoms with van der Waals surface area (Å²) in [5, 5.41) is 13.5. The van der Waals surface area contributed by atoms with Crippen LogP contribution < -0.4 is 5.32 Å². The fourth-order valence-electron chi connectivity index (χ4n) is 2.19. The van der Waals surface area contributed by atoms with Gasteiger partial charge in [0.2, 0.25) is 5.91 Å². The van der Waals surface area contributed by atoms with Gasteiger partial charge in [-0.15, -0.1) is 11.3 Å². The Bertz CT molecular complexity index is 562. The van der Waals surface area contributed by atoms with Crippen molar-refractivity contribution in [1.29, 1.82) is 0 Å². The van der Waals surface area contributed by atoms with Gasteiger partial charge in [0.1, 0.15) is 0 Å². The van der Waals surface area contributed by atoms with Crippen LogP contribution in [0.2, 0.25) is 0 Å². The lowest BCUT2D eigenvalue weighted by atomic mass is 10.1. The second-order valence-electron chi connectivity index (χ2n) is 5.66. The molecule has 21 heavy (non-hydrogen) atoms. The van der Waals surface area contributed by atoms with Crippen molar-refractivity contribution in [3.05, 3.63) is 29.3 Å². The highest BCUT2D eigenvalue weighted by Crippen LogP contribution is 2.22. The van der Waals surface area contributed by atoms with Gasteiger partial charge in [-0.25, -0.2) is 4.98 Å². The number of nitrogens with one attached hydrogen (secondary N) is 1. The minimum absolute atomic E-state index is 0.0305. The average molecular weight is 306 g/mol. The standard InChI is InChI=1S/C16H22N2O2S/c1-11(2)9-12(19)10-17-15(20)7-8-16-18-13-5-3-4-6-14(13)21-16/h3-6,11-12,19H,7-10H2,1-2H3,(H,17,20). The van der Waals surface area contributed by atoms with Crippen LogP contribution in [0.15, 0.2) is 24.3 Å². The number of hydrogen-bond donors (Lipinski definition) is 2. The molecule has 1 aromatic heterocycles.